The molecule has 68 valence electrons. The first-order valence-electron chi connectivity index (χ1n) is 3.62. The van der Waals surface area contributed by atoms with Gasteiger partial charge in [0, 0.05) is 5.02 Å². The zero-order valence-corrected chi connectivity index (χ0v) is 7.37. The number of nitriles is 1. The van der Waals surface area contributed by atoms with Crippen molar-refractivity contribution in [1.82, 2.24) is 0 Å². The second-order valence-corrected chi connectivity index (χ2v) is 2.97. The molecule has 0 unspecified atom stereocenters. The first kappa shape index (κ1) is 9.97. The zero-order chi connectivity index (χ0) is 9.84. The average molecular weight is 200 g/mol. The lowest BCUT2D eigenvalue weighted by Gasteiger charge is -2.08. The first-order chi connectivity index (χ1) is 6.15. The summed E-state index contributed by atoms with van der Waals surface area (Å²) in [6.07, 6.45) is -3.35. The minimum absolute atomic E-state index is 0.210. The summed E-state index contributed by atoms with van der Waals surface area (Å²) >= 11 is 5.61. The smallest absolute Gasteiger partial charge is 0.175 e. The molecule has 0 radical (unpaired) electrons. The van der Waals surface area contributed by atoms with E-state index in [1.165, 1.54) is 18.2 Å². The van der Waals surface area contributed by atoms with Crippen molar-refractivity contribution in [2.45, 2.75) is 12.3 Å². The fraction of sp³-hybridized carbons (Fsp3) is 0.222. The number of halogens is 2. The number of alkyl halides is 1. The van der Waals surface area contributed by atoms with Gasteiger partial charge in [-0.05, 0) is 17.7 Å². The van der Waals surface area contributed by atoms with Crippen molar-refractivity contribution in [2.24, 2.45) is 0 Å². The van der Waals surface area contributed by atoms with Crippen molar-refractivity contribution in [2.75, 3.05) is 0 Å². The van der Waals surface area contributed by atoms with Gasteiger partial charge in [-0.15, -0.1) is 0 Å². The third-order valence-corrected chi connectivity index (χ3v) is 1.81. The van der Waals surface area contributed by atoms with Gasteiger partial charge >= 0.3 is 0 Å². The number of benzene rings is 1. The van der Waals surface area contributed by atoms with Gasteiger partial charge in [0.15, 0.2) is 12.3 Å². The van der Waals surface area contributed by atoms with Crippen LogP contribution in [0.25, 0.3) is 0 Å². The zero-order valence-electron chi connectivity index (χ0n) is 6.61. The van der Waals surface area contributed by atoms with Crippen molar-refractivity contribution in [3.63, 3.8) is 0 Å². The van der Waals surface area contributed by atoms with Crippen LogP contribution in [-0.2, 0) is 0 Å². The summed E-state index contributed by atoms with van der Waals surface area (Å²) in [5.74, 6) is 0. The lowest BCUT2D eigenvalue weighted by atomic mass is 10.1. The van der Waals surface area contributed by atoms with Crippen molar-refractivity contribution in [3.05, 3.63) is 34.9 Å². The Labute approximate surface area is 80.2 Å². The molecule has 13 heavy (non-hydrogen) atoms. The normalized spacial score (nSPS) is 14.6. The highest BCUT2D eigenvalue weighted by Crippen LogP contribution is 2.23. The van der Waals surface area contributed by atoms with E-state index in [2.05, 4.69) is 0 Å². The van der Waals surface area contributed by atoms with Gasteiger partial charge in [0.2, 0.25) is 0 Å². The molecule has 2 atom stereocenters. The molecule has 0 spiro atoms. The molecular weight excluding hydrogens is 193 g/mol. The van der Waals surface area contributed by atoms with E-state index in [1.807, 2.05) is 0 Å². The summed E-state index contributed by atoms with van der Waals surface area (Å²) in [7, 11) is 0. The molecule has 0 aliphatic heterocycles. The summed E-state index contributed by atoms with van der Waals surface area (Å²) in [5, 5.41) is 17.5. The van der Waals surface area contributed by atoms with Crippen molar-refractivity contribution >= 4 is 11.6 Å². The maximum absolute atomic E-state index is 13.2. The van der Waals surface area contributed by atoms with Gasteiger partial charge in [-0.25, -0.2) is 4.39 Å². The molecule has 1 N–H and O–H groups in total. The fourth-order valence-electron chi connectivity index (χ4n) is 0.926. The number of nitrogens with zero attached hydrogens (tertiary/aromatic N) is 1. The van der Waals surface area contributed by atoms with E-state index < -0.39 is 12.3 Å². The molecule has 0 aliphatic carbocycles. The Bertz CT molecular complexity index is 337. The summed E-state index contributed by atoms with van der Waals surface area (Å²) in [5.41, 5.74) is 0.210. The predicted octanol–water partition coefficient (Wildman–Crippen LogP) is 2.24. The molecule has 4 heteroatoms. The van der Waals surface area contributed by atoms with Crippen LogP contribution in [-0.4, -0.2) is 11.2 Å². The van der Waals surface area contributed by atoms with Crippen LogP contribution < -0.4 is 0 Å². The molecule has 0 aliphatic rings. The van der Waals surface area contributed by atoms with E-state index in [-0.39, 0.29) is 5.56 Å². The molecule has 1 rings (SSSR count). The van der Waals surface area contributed by atoms with Crippen LogP contribution in [0, 0.1) is 11.3 Å². The Balaban J connectivity index is 2.90. The van der Waals surface area contributed by atoms with E-state index in [1.54, 1.807) is 12.1 Å². The van der Waals surface area contributed by atoms with Crippen LogP contribution in [0.15, 0.2) is 24.3 Å². The van der Waals surface area contributed by atoms with E-state index in [0.29, 0.717) is 5.02 Å². The summed E-state index contributed by atoms with van der Waals surface area (Å²) in [4.78, 5) is 0. The second-order valence-electron chi connectivity index (χ2n) is 2.53. The van der Waals surface area contributed by atoms with Gasteiger partial charge in [-0.1, -0.05) is 23.7 Å². The minimum Gasteiger partial charge on any atom is -0.375 e. The van der Waals surface area contributed by atoms with Crippen LogP contribution in [0.5, 0.6) is 0 Å². The van der Waals surface area contributed by atoms with Crippen molar-refractivity contribution in [3.8, 4) is 6.07 Å². The Hall–Kier alpha value is -1.11. The monoisotopic (exact) mass is 199 g/mol. The lowest BCUT2D eigenvalue weighted by molar-refractivity contribution is 0.122. The molecule has 1 aromatic rings. The number of aliphatic hydroxyl groups is 1. The standard InChI is InChI=1S/C9H7ClFNO/c10-7-3-1-2-6(4-7)9(11)8(13)5-12/h1-4,8-9,13H/t8-,9-/m0/s1. The highest BCUT2D eigenvalue weighted by Gasteiger charge is 2.19. The van der Waals surface area contributed by atoms with E-state index in [9.17, 15) is 4.39 Å². The van der Waals surface area contributed by atoms with E-state index in [0.717, 1.165) is 0 Å². The summed E-state index contributed by atoms with van der Waals surface area (Å²) in [6.45, 7) is 0. The molecule has 0 saturated carbocycles. The van der Waals surface area contributed by atoms with Crippen LogP contribution in [0.1, 0.15) is 11.7 Å². The summed E-state index contributed by atoms with van der Waals surface area (Å²) in [6, 6.07) is 7.43. The first-order valence-corrected chi connectivity index (χ1v) is 4.00. The lowest BCUT2D eigenvalue weighted by Crippen LogP contribution is -2.11. The maximum atomic E-state index is 13.2. The fourth-order valence-corrected chi connectivity index (χ4v) is 1.12. The molecule has 0 heterocycles. The van der Waals surface area contributed by atoms with Crippen LogP contribution in [0.3, 0.4) is 0 Å². The van der Waals surface area contributed by atoms with Crippen LogP contribution in [0.4, 0.5) is 4.39 Å². The third kappa shape index (κ3) is 2.41. The van der Waals surface area contributed by atoms with Gasteiger partial charge < -0.3 is 5.11 Å². The van der Waals surface area contributed by atoms with E-state index >= 15 is 0 Å². The maximum Gasteiger partial charge on any atom is 0.175 e. The Kier molecular flexibility index (Phi) is 3.24. The van der Waals surface area contributed by atoms with Crippen molar-refractivity contribution < 1.29 is 9.50 Å². The molecule has 0 aromatic heterocycles. The largest absolute Gasteiger partial charge is 0.375 e. The summed E-state index contributed by atoms with van der Waals surface area (Å²) < 4.78 is 13.2. The van der Waals surface area contributed by atoms with E-state index in [4.69, 9.17) is 22.0 Å². The minimum atomic E-state index is -1.70. The number of aliphatic hydroxyl groups excluding tert-OH is 1. The molecular formula is C9H7ClFNO. The molecule has 0 fully saturated rings. The number of hydrogen-bond acceptors (Lipinski definition) is 2. The van der Waals surface area contributed by atoms with Crippen molar-refractivity contribution in [1.29, 1.82) is 5.26 Å². The van der Waals surface area contributed by atoms with Gasteiger partial charge in [0.1, 0.15) is 0 Å². The molecule has 2 nitrogen and oxygen atoms in total. The Morgan fingerprint density at radius 1 is 1.54 bits per heavy atom. The Morgan fingerprint density at radius 2 is 2.23 bits per heavy atom. The average Bonchev–Trinajstić information content (AvgIpc) is 2.15. The Morgan fingerprint density at radius 3 is 2.77 bits per heavy atom. The second kappa shape index (κ2) is 4.22. The topological polar surface area (TPSA) is 44.0 Å². The molecule has 0 saturated heterocycles. The highest BCUT2D eigenvalue weighted by molar-refractivity contribution is 6.30. The molecule has 0 amide bonds. The quantitative estimate of drug-likeness (QED) is 0.743. The van der Waals surface area contributed by atoms with Crippen LogP contribution in [0.2, 0.25) is 5.02 Å². The van der Waals surface area contributed by atoms with Gasteiger partial charge in [-0.2, -0.15) is 5.26 Å². The van der Waals surface area contributed by atoms with Gasteiger partial charge in [0.05, 0.1) is 6.07 Å². The SMILES string of the molecule is N#C[C@H](O)[C@@H](F)c1cccc(Cl)c1. The molecule has 0 bridgehead atoms. The van der Waals surface area contributed by atoms with Crippen LogP contribution >= 0.6 is 11.6 Å². The third-order valence-electron chi connectivity index (χ3n) is 1.58. The highest BCUT2D eigenvalue weighted by atomic mass is 35.5. The van der Waals surface area contributed by atoms with Gasteiger partial charge in [0.25, 0.3) is 0 Å². The number of hydrogen-bond donors (Lipinski definition) is 1. The molecule has 1 aromatic carbocycles. The number of rotatable bonds is 2. The van der Waals surface area contributed by atoms with Gasteiger partial charge in [-0.3, -0.25) is 0 Å². The predicted molar refractivity (Wildman–Crippen MR) is 46.9 cm³/mol.